The summed E-state index contributed by atoms with van der Waals surface area (Å²) in [6.07, 6.45) is -3.66. The third kappa shape index (κ3) is 7.16. The average Bonchev–Trinajstić information content (AvgIpc) is 3.54. The number of hydrogen-bond donors (Lipinski definition) is 2. The van der Waals surface area contributed by atoms with E-state index >= 15 is 0 Å². The fraction of sp³-hybridized carbons (Fsp3) is 0.360. The third-order valence-electron chi connectivity index (χ3n) is 6.73. The van der Waals surface area contributed by atoms with Gasteiger partial charge in [0.2, 0.25) is 11.8 Å². The lowest BCUT2D eigenvalue weighted by atomic mass is 9.96. The largest absolute Gasteiger partial charge is 0.480 e. The molecule has 0 spiro atoms. The second kappa shape index (κ2) is 12.5. The first-order chi connectivity index (χ1) is 20.1. The van der Waals surface area contributed by atoms with E-state index in [1.807, 2.05) is 0 Å². The Labute approximate surface area is 249 Å². The summed E-state index contributed by atoms with van der Waals surface area (Å²) < 4.78 is 39.8. The molecule has 1 aromatic carbocycles. The number of Topliss-reactive ketones (excluding diaryl/α,β-unsaturated/α-hetero) is 1. The molecule has 2 aromatic heterocycles. The van der Waals surface area contributed by atoms with Crippen LogP contribution in [0.3, 0.4) is 0 Å². The van der Waals surface area contributed by atoms with Gasteiger partial charge in [-0.05, 0) is 31.9 Å². The molecule has 1 aliphatic rings. The number of carbonyl (C=O) groups is 4. The predicted octanol–water partition coefficient (Wildman–Crippen LogP) is 4.16. The molecular weight excluding hydrogens is 621 g/mol. The number of nitrogens with zero attached hydrogens (tertiary/aromatic N) is 5. The minimum absolute atomic E-state index is 0.00646. The summed E-state index contributed by atoms with van der Waals surface area (Å²) >= 11 is 7.12. The van der Waals surface area contributed by atoms with E-state index in [2.05, 4.69) is 15.4 Å². The summed E-state index contributed by atoms with van der Waals surface area (Å²) in [6.45, 7) is 1.71. The van der Waals surface area contributed by atoms with E-state index in [9.17, 15) is 47.6 Å². The standard InChI is InChI=1S/C25H22ClF3N6O7S/c1-12-8-17(25(27,28)29)32-34(12)10-19(36)33-6-4-13(5-7-33)23-31-18(11-43-23)30-22(38)20(24(39)40)21(37)15-3-2-14(35(41)42)9-16(15)26/h2-3,8-9,11,13,20H,4-7,10H2,1H3,(H,30,38)(H,39,40). The van der Waals surface area contributed by atoms with Crippen LogP contribution in [0.25, 0.3) is 0 Å². The molecule has 13 nitrogen and oxygen atoms in total. The van der Waals surface area contributed by atoms with Crippen molar-refractivity contribution in [1.82, 2.24) is 19.7 Å². The normalized spacial score (nSPS) is 14.8. The maximum absolute atomic E-state index is 12.9. The van der Waals surface area contributed by atoms with Gasteiger partial charge in [0, 0.05) is 47.8 Å². The maximum Gasteiger partial charge on any atom is 0.435 e. The minimum Gasteiger partial charge on any atom is -0.480 e. The number of aromatic nitrogens is 3. The smallest absolute Gasteiger partial charge is 0.435 e. The summed E-state index contributed by atoms with van der Waals surface area (Å²) in [7, 11) is 0. The monoisotopic (exact) mass is 642 g/mol. The first-order valence-electron chi connectivity index (χ1n) is 12.5. The fourth-order valence-corrected chi connectivity index (χ4v) is 5.65. The van der Waals surface area contributed by atoms with Gasteiger partial charge in [0.05, 0.1) is 15.0 Å². The van der Waals surface area contributed by atoms with E-state index in [1.54, 1.807) is 0 Å². The molecule has 3 heterocycles. The SMILES string of the molecule is Cc1cc(C(F)(F)F)nn1CC(=O)N1CCC(c2nc(NC(=O)C(C(=O)O)C(=O)c3ccc([N+](=O)[O-])cc3Cl)cs2)CC1. The quantitative estimate of drug-likeness (QED) is 0.150. The van der Waals surface area contributed by atoms with Gasteiger partial charge in [0.15, 0.2) is 17.4 Å². The Hall–Kier alpha value is -4.38. The number of hydrogen-bond acceptors (Lipinski definition) is 9. The van der Waals surface area contributed by atoms with E-state index in [0.717, 1.165) is 28.9 Å². The van der Waals surface area contributed by atoms with Gasteiger partial charge in [-0.3, -0.25) is 34.0 Å². The van der Waals surface area contributed by atoms with Crippen LogP contribution in [-0.4, -0.2) is 66.4 Å². The number of carboxylic acids is 1. The van der Waals surface area contributed by atoms with Crippen LogP contribution in [0, 0.1) is 23.0 Å². The number of alkyl halides is 3. The Balaban J connectivity index is 1.35. The van der Waals surface area contributed by atoms with E-state index in [-0.39, 0.29) is 40.5 Å². The van der Waals surface area contributed by atoms with Gasteiger partial charge < -0.3 is 15.3 Å². The first kappa shape index (κ1) is 31.6. The van der Waals surface area contributed by atoms with Crippen LogP contribution in [0.15, 0.2) is 29.6 Å². The summed E-state index contributed by atoms with van der Waals surface area (Å²) in [4.78, 5) is 66.1. The van der Waals surface area contributed by atoms with Crippen molar-refractivity contribution in [1.29, 1.82) is 0 Å². The molecule has 0 radical (unpaired) electrons. The number of thiazole rings is 1. The highest BCUT2D eigenvalue weighted by Gasteiger charge is 2.37. The summed E-state index contributed by atoms with van der Waals surface area (Å²) in [5.41, 5.74) is -1.66. The van der Waals surface area contributed by atoms with E-state index < -0.39 is 46.1 Å². The topological polar surface area (TPSA) is 178 Å². The number of aryl methyl sites for hydroxylation is 1. The molecule has 2 amide bonds. The van der Waals surface area contributed by atoms with Crippen molar-refractivity contribution < 1.29 is 42.4 Å². The third-order valence-corrected chi connectivity index (χ3v) is 8.05. The first-order valence-corrected chi connectivity index (χ1v) is 13.8. The number of likely N-dealkylation sites (tertiary alicyclic amines) is 1. The summed E-state index contributed by atoms with van der Waals surface area (Å²) in [5, 5.41) is 27.9. The Morgan fingerprint density at radius 1 is 1.23 bits per heavy atom. The van der Waals surface area contributed by atoms with Crippen LogP contribution >= 0.6 is 22.9 Å². The average molecular weight is 643 g/mol. The summed E-state index contributed by atoms with van der Waals surface area (Å²) in [5.74, 6) is -6.81. The molecule has 2 N–H and O–H groups in total. The van der Waals surface area contributed by atoms with E-state index in [4.69, 9.17) is 11.6 Å². The van der Waals surface area contributed by atoms with E-state index in [1.165, 1.54) is 28.5 Å². The number of piperidine rings is 1. The van der Waals surface area contributed by atoms with Crippen molar-refractivity contribution >= 4 is 58.0 Å². The van der Waals surface area contributed by atoms with Gasteiger partial charge in [0.25, 0.3) is 5.69 Å². The maximum atomic E-state index is 12.9. The molecule has 3 aromatic rings. The Morgan fingerprint density at radius 3 is 2.47 bits per heavy atom. The van der Waals surface area contributed by atoms with Gasteiger partial charge in [-0.15, -0.1) is 11.3 Å². The number of benzene rings is 1. The second-order valence-corrected chi connectivity index (χ2v) is 10.9. The molecule has 43 heavy (non-hydrogen) atoms. The molecule has 1 fully saturated rings. The lowest BCUT2D eigenvalue weighted by Crippen LogP contribution is -2.40. The molecule has 18 heteroatoms. The number of anilines is 1. The molecule has 1 unspecified atom stereocenters. The molecule has 228 valence electrons. The zero-order chi connectivity index (χ0) is 31.6. The number of rotatable bonds is 9. The number of halogens is 4. The van der Waals surface area contributed by atoms with Crippen molar-refractivity contribution in [2.24, 2.45) is 5.92 Å². The van der Waals surface area contributed by atoms with Crippen LogP contribution in [-0.2, 0) is 27.1 Å². The highest BCUT2D eigenvalue weighted by atomic mass is 35.5. The number of aliphatic carboxylic acids is 1. The van der Waals surface area contributed by atoms with Gasteiger partial charge in [-0.2, -0.15) is 18.3 Å². The molecule has 0 bridgehead atoms. The summed E-state index contributed by atoms with van der Waals surface area (Å²) in [6, 6.07) is 3.68. The van der Waals surface area contributed by atoms with Crippen molar-refractivity contribution in [2.75, 3.05) is 18.4 Å². The molecular formula is C25H22ClF3N6O7S. The highest BCUT2D eigenvalue weighted by molar-refractivity contribution is 7.10. The zero-order valence-electron chi connectivity index (χ0n) is 22.1. The van der Waals surface area contributed by atoms with Crippen LogP contribution in [0.5, 0.6) is 0 Å². The molecule has 1 aliphatic heterocycles. The number of nitro benzene ring substituents is 1. The molecule has 1 atom stereocenters. The van der Waals surface area contributed by atoms with Gasteiger partial charge in [-0.25, -0.2) is 4.98 Å². The van der Waals surface area contributed by atoms with Crippen molar-refractivity contribution in [3.63, 3.8) is 0 Å². The zero-order valence-corrected chi connectivity index (χ0v) is 23.7. The predicted molar refractivity (Wildman–Crippen MR) is 145 cm³/mol. The van der Waals surface area contributed by atoms with Gasteiger partial charge >= 0.3 is 12.1 Å². The fourth-order valence-electron chi connectivity index (χ4n) is 4.46. The van der Waals surface area contributed by atoms with Crippen molar-refractivity contribution in [3.8, 4) is 0 Å². The second-order valence-electron chi connectivity index (χ2n) is 9.60. The molecule has 0 aliphatic carbocycles. The van der Waals surface area contributed by atoms with Gasteiger partial charge in [0.1, 0.15) is 12.4 Å². The molecule has 0 saturated carbocycles. The Kier molecular flexibility index (Phi) is 9.15. The lowest BCUT2D eigenvalue weighted by Gasteiger charge is -2.31. The lowest BCUT2D eigenvalue weighted by molar-refractivity contribution is -0.384. The highest BCUT2D eigenvalue weighted by Crippen LogP contribution is 2.33. The number of non-ortho nitro benzene ring substituents is 1. The number of amides is 2. The molecule has 4 rings (SSSR count). The van der Waals surface area contributed by atoms with Crippen LogP contribution < -0.4 is 5.32 Å². The van der Waals surface area contributed by atoms with Gasteiger partial charge in [-0.1, -0.05) is 11.6 Å². The van der Waals surface area contributed by atoms with Crippen molar-refractivity contribution in [2.45, 2.75) is 38.4 Å². The number of ketones is 1. The van der Waals surface area contributed by atoms with Crippen LogP contribution in [0.1, 0.15) is 45.5 Å². The van der Waals surface area contributed by atoms with Crippen LogP contribution in [0.4, 0.5) is 24.7 Å². The number of nitro groups is 1. The van der Waals surface area contributed by atoms with E-state index in [0.29, 0.717) is 30.9 Å². The number of carbonyl (C=O) groups excluding carboxylic acids is 3. The number of carboxylic acid groups (broad SMARTS) is 1. The molecule has 1 saturated heterocycles. The Bertz CT molecular complexity index is 1600. The number of nitrogens with one attached hydrogen (secondary N) is 1. The van der Waals surface area contributed by atoms with Crippen LogP contribution in [0.2, 0.25) is 5.02 Å². The van der Waals surface area contributed by atoms with Crippen molar-refractivity contribution in [3.05, 3.63) is 66.7 Å². The minimum atomic E-state index is -4.62. The Morgan fingerprint density at radius 2 is 1.91 bits per heavy atom.